The molecule has 4 heteroatoms. The molecule has 1 saturated carbocycles. The second-order valence-electron chi connectivity index (χ2n) is 5.99. The summed E-state index contributed by atoms with van der Waals surface area (Å²) in [4.78, 5) is 13.4. The number of carbonyl (C=O) groups excluding carboxylic acids is 1. The summed E-state index contributed by atoms with van der Waals surface area (Å²) in [5, 5.41) is 6.85. The lowest BCUT2D eigenvalue weighted by Crippen LogP contribution is -2.48. The molecule has 0 unspecified atom stereocenters. The Hall–Kier alpha value is -0.610. The molecule has 1 aliphatic carbocycles. The van der Waals surface area contributed by atoms with Gasteiger partial charge in [-0.2, -0.15) is 0 Å². The molecule has 0 aromatic rings. The van der Waals surface area contributed by atoms with E-state index in [-0.39, 0.29) is 5.91 Å². The van der Waals surface area contributed by atoms with E-state index in [1.165, 1.54) is 38.8 Å². The van der Waals surface area contributed by atoms with Crippen molar-refractivity contribution >= 4 is 5.91 Å². The maximum atomic E-state index is 11.0. The smallest absolute Gasteiger partial charge is 0.217 e. The van der Waals surface area contributed by atoms with E-state index >= 15 is 0 Å². The normalized spacial score (nSPS) is 31.2. The molecule has 0 bridgehead atoms. The van der Waals surface area contributed by atoms with E-state index in [0.717, 1.165) is 12.8 Å². The summed E-state index contributed by atoms with van der Waals surface area (Å²) >= 11 is 0. The van der Waals surface area contributed by atoms with Gasteiger partial charge in [0.05, 0.1) is 0 Å². The first-order valence-electron chi connectivity index (χ1n) is 7.35. The van der Waals surface area contributed by atoms with Crippen molar-refractivity contribution < 1.29 is 4.79 Å². The Morgan fingerprint density at radius 1 is 0.944 bits per heavy atom. The number of hydrogen-bond donors (Lipinski definition) is 2. The average Bonchev–Trinajstić information content (AvgIpc) is 2.34. The zero-order valence-corrected chi connectivity index (χ0v) is 11.7. The fourth-order valence-corrected chi connectivity index (χ4v) is 3.20. The molecular formula is C14H27N3O. The molecule has 1 aliphatic heterocycles. The molecule has 0 radical (unpaired) electrons. The van der Waals surface area contributed by atoms with Crippen molar-refractivity contribution in [2.45, 2.75) is 63.6 Å². The highest BCUT2D eigenvalue weighted by Gasteiger charge is 2.24. The van der Waals surface area contributed by atoms with Gasteiger partial charge in [0.15, 0.2) is 0 Å². The van der Waals surface area contributed by atoms with Gasteiger partial charge >= 0.3 is 0 Å². The Balaban J connectivity index is 1.65. The van der Waals surface area contributed by atoms with Crippen molar-refractivity contribution in [2.75, 3.05) is 20.1 Å². The lowest BCUT2D eigenvalue weighted by molar-refractivity contribution is -0.119. The van der Waals surface area contributed by atoms with Crippen LogP contribution in [0.25, 0.3) is 0 Å². The SMILES string of the molecule is CC(=O)NC1CCC(NC2CCN(C)CC2)CC1. The molecule has 18 heavy (non-hydrogen) atoms. The van der Waals surface area contributed by atoms with Crippen LogP contribution in [0.3, 0.4) is 0 Å². The van der Waals surface area contributed by atoms with Gasteiger partial charge in [-0.05, 0) is 58.7 Å². The van der Waals surface area contributed by atoms with Crippen molar-refractivity contribution in [3.05, 3.63) is 0 Å². The number of amides is 1. The number of rotatable bonds is 3. The third-order valence-electron chi connectivity index (χ3n) is 4.32. The molecule has 0 aromatic heterocycles. The lowest BCUT2D eigenvalue weighted by Gasteiger charge is -2.35. The van der Waals surface area contributed by atoms with Gasteiger partial charge in [0.25, 0.3) is 0 Å². The van der Waals surface area contributed by atoms with Gasteiger partial charge < -0.3 is 15.5 Å². The van der Waals surface area contributed by atoms with Crippen LogP contribution in [0, 0.1) is 0 Å². The number of carbonyl (C=O) groups is 1. The lowest BCUT2D eigenvalue weighted by atomic mass is 9.90. The Labute approximate surface area is 110 Å². The number of piperidine rings is 1. The molecule has 2 aliphatic rings. The van der Waals surface area contributed by atoms with Gasteiger partial charge in [0.1, 0.15) is 0 Å². The molecule has 0 atom stereocenters. The molecule has 1 heterocycles. The van der Waals surface area contributed by atoms with E-state index in [2.05, 4.69) is 22.6 Å². The largest absolute Gasteiger partial charge is 0.354 e. The van der Waals surface area contributed by atoms with Gasteiger partial charge in [-0.1, -0.05) is 0 Å². The molecule has 0 aromatic carbocycles. The molecule has 0 spiro atoms. The van der Waals surface area contributed by atoms with Gasteiger partial charge in [0, 0.05) is 25.0 Å². The van der Waals surface area contributed by atoms with E-state index in [1.807, 2.05) is 0 Å². The Kier molecular flexibility index (Phi) is 5.01. The van der Waals surface area contributed by atoms with E-state index in [1.54, 1.807) is 6.92 Å². The highest BCUT2D eigenvalue weighted by atomic mass is 16.1. The summed E-state index contributed by atoms with van der Waals surface area (Å²) in [6, 6.07) is 1.80. The summed E-state index contributed by atoms with van der Waals surface area (Å²) in [6.07, 6.45) is 7.23. The first-order chi connectivity index (χ1) is 8.63. The third kappa shape index (κ3) is 4.25. The fourth-order valence-electron chi connectivity index (χ4n) is 3.20. The monoisotopic (exact) mass is 253 g/mol. The standard InChI is InChI=1S/C14H27N3O/c1-11(18)15-12-3-5-13(6-4-12)16-14-7-9-17(2)10-8-14/h12-14,16H,3-10H2,1-2H3,(H,15,18). The zero-order valence-electron chi connectivity index (χ0n) is 11.7. The molecule has 1 saturated heterocycles. The van der Waals surface area contributed by atoms with Crippen LogP contribution in [0.5, 0.6) is 0 Å². The minimum atomic E-state index is 0.113. The van der Waals surface area contributed by atoms with Gasteiger partial charge in [-0.3, -0.25) is 4.79 Å². The minimum Gasteiger partial charge on any atom is -0.354 e. The van der Waals surface area contributed by atoms with Gasteiger partial charge in [0.2, 0.25) is 5.91 Å². The Morgan fingerprint density at radius 2 is 1.44 bits per heavy atom. The van der Waals surface area contributed by atoms with Crippen molar-refractivity contribution in [1.82, 2.24) is 15.5 Å². The summed E-state index contributed by atoms with van der Waals surface area (Å²) in [7, 11) is 2.20. The van der Waals surface area contributed by atoms with Crippen LogP contribution < -0.4 is 10.6 Å². The Morgan fingerprint density at radius 3 is 2.00 bits per heavy atom. The van der Waals surface area contributed by atoms with Crippen LogP contribution in [0.2, 0.25) is 0 Å². The molecule has 4 nitrogen and oxygen atoms in total. The predicted molar refractivity (Wildman–Crippen MR) is 73.5 cm³/mol. The van der Waals surface area contributed by atoms with Crippen LogP contribution >= 0.6 is 0 Å². The fraction of sp³-hybridized carbons (Fsp3) is 0.929. The maximum absolute atomic E-state index is 11.0. The minimum absolute atomic E-state index is 0.113. The van der Waals surface area contributed by atoms with Crippen molar-refractivity contribution in [2.24, 2.45) is 0 Å². The summed E-state index contributed by atoms with van der Waals surface area (Å²) in [5.74, 6) is 0.113. The van der Waals surface area contributed by atoms with Crippen molar-refractivity contribution in [3.8, 4) is 0 Å². The van der Waals surface area contributed by atoms with Crippen molar-refractivity contribution in [1.29, 1.82) is 0 Å². The molecule has 2 N–H and O–H groups in total. The van der Waals surface area contributed by atoms with Crippen LogP contribution in [0.1, 0.15) is 45.4 Å². The molecule has 2 fully saturated rings. The number of likely N-dealkylation sites (tertiary alicyclic amines) is 1. The summed E-state index contributed by atoms with van der Waals surface area (Å²) < 4.78 is 0. The summed E-state index contributed by atoms with van der Waals surface area (Å²) in [5.41, 5.74) is 0. The second-order valence-corrected chi connectivity index (χ2v) is 5.99. The molecule has 1 amide bonds. The maximum Gasteiger partial charge on any atom is 0.217 e. The van der Waals surface area contributed by atoms with E-state index in [9.17, 15) is 4.79 Å². The first-order valence-corrected chi connectivity index (χ1v) is 7.35. The molecule has 2 rings (SSSR count). The van der Waals surface area contributed by atoms with E-state index in [4.69, 9.17) is 0 Å². The van der Waals surface area contributed by atoms with Crippen LogP contribution in [0.4, 0.5) is 0 Å². The van der Waals surface area contributed by atoms with Gasteiger partial charge in [-0.25, -0.2) is 0 Å². The Bertz CT molecular complexity index is 266. The van der Waals surface area contributed by atoms with E-state index in [0.29, 0.717) is 18.1 Å². The molecule has 104 valence electrons. The number of hydrogen-bond acceptors (Lipinski definition) is 3. The second kappa shape index (κ2) is 6.53. The van der Waals surface area contributed by atoms with Crippen LogP contribution in [0.15, 0.2) is 0 Å². The number of nitrogens with zero attached hydrogens (tertiary/aromatic N) is 1. The van der Waals surface area contributed by atoms with Crippen LogP contribution in [-0.4, -0.2) is 49.1 Å². The average molecular weight is 253 g/mol. The topological polar surface area (TPSA) is 44.4 Å². The summed E-state index contributed by atoms with van der Waals surface area (Å²) in [6.45, 7) is 4.06. The third-order valence-corrected chi connectivity index (χ3v) is 4.32. The zero-order chi connectivity index (χ0) is 13.0. The number of nitrogens with one attached hydrogen (secondary N) is 2. The first kappa shape index (κ1) is 13.8. The van der Waals surface area contributed by atoms with Crippen LogP contribution in [-0.2, 0) is 4.79 Å². The highest BCUT2D eigenvalue weighted by Crippen LogP contribution is 2.20. The quantitative estimate of drug-likeness (QED) is 0.792. The predicted octanol–water partition coefficient (Wildman–Crippen LogP) is 1.12. The highest BCUT2D eigenvalue weighted by molar-refractivity contribution is 5.73. The van der Waals surface area contributed by atoms with Crippen molar-refractivity contribution in [3.63, 3.8) is 0 Å². The molecular weight excluding hydrogens is 226 g/mol. The van der Waals surface area contributed by atoms with Gasteiger partial charge in [-0.15, -0.1) is 0 Å². The van der Waals surface area contributed by atoms with E-state index < -0.39 is 0 Å².